The number of rotatable bonds is 8. The third-order valence-corrected chi connectivity index (χ3v) is 6.06. The van der Waals surface area contributed by atoms with Crippen LogP contribution in [0, 0.1) is 11.7 Å². The Balaban J connectivity index is 1.68. The van der Waals surface area contributed by atoms with Crippen LogP contribution in [-0.4, -0.2) is 84.9 Å². The Labute approximate surface area is 210 Å². The number of nitrogens with one attached hydrogen (secondary N) is 2. The van der Waals surface area contributed by atoms with Crippen LogP contribution < -0.4 is 10.6 Å². The highest BCUT2D eigenvalue weighted by Crippen LogP contribution is 2.30. The van der Waals surface area contributed by atoms with Crippen LogP contribution in [0.3, 0.4) is 0 Å². The van der Waals surface area contributed by atoms with Crippen LogP contribution in [0.1, 0.15) is 33.6 Å². The lowest BCUT2D eigenvalue weighted by Crippen LogP contribution is -2.42. The van der Waals surface area contributed by atoms with E-state index in [2.05, 4.69) is 10.6 Å². The van der Waals surface area contributed by atoms with Gasteiger partial charge in [0.05, 0.1) is 37.2 Å². The molecule has 0 spiro atoms. The van der Waals surface area contributed by atoms with Gasteiger partial charge in [-0.15, -0.1) is 0 Å². The molecule has 0 radical (unpaired) electrons. The number of anilines is 2. The van der Waals surface area contributed by atoms with Gasteiger partial charge in [-0.05, 0) is 51.7 Å². The maximum atomic E-state index is 14.8. The second-order valence-electron chi connectivity index (χ2n) is 9.87. The minimum Gasteiger partial charge on any atom is -0.466 e. The molecule has 0 aromatic heterocycles. The molecule has 0 saturated carbocycles. The standard InChI is InChI=1S/C25H35FN4O6/c1-25(2,3)36-24(34)29-10-8-16(9-11-29)14-27-21-18(26)6-5-7-19(21)28-20-17(23(33)35-4)15-30(12-13-31)22(20)32/h5-7,16,27-28,31H,8-15H2,1-4H3. The first-order chi connectivity index (χ1) is 17.0. The molecular formula is C25H35FN4O6. The topological polar surface area (TPSA) is 120 Å². The summed E-state index contributed by atoms with van der Waals surface area (Å²) in [6, 6.07) is 4.43. The van der Waals surface area contributed by atoms with Crippen LogP contribution in [0.2, 0.25) is 0 Å². The first-order valence-electron chi connectivity index (χ1n) is 12.0. The summed E-state index contributed by atoms with van der Waals surface area (Å²) in [5, 5.41) is 15.3. The number of hydrogen-bond acceptors (Lipinski definition) is 8. The van der Waals surface area contributed by atoms with Crippen molar-refractivity contribution in [3.63, 3.8) is 0 Å². The minimum atomic E-state index is -0.672. The molecule has 2 heterocycles. The molecule has 1 saturated heterocycles. The van der Waals surface area contributed by atoms with Crippen molar-refractivity contribution in [3.05, 3.63) is 35.3 Å². The first kappa shape index (κ1) is 27.3. The van der Waals surface area contributed by atoms with Gasteiger partial charge in [-0.25, -0.2) is 14.0 Å². The smallest absolute Gasteiger partial charge is 0.410 e. The van der Waals surface area contributed by atoms with E-state index in [1.165, 1.54) is 24.1 Å². The third-order valence-electron chi connectivity index (χ3n) is 6.06. The van der Waals surface area contributed by atoms with Crippen molar-refractivity contribution in [3.8, 4) is 0 Å². The average Bonchev–Trinajstić information content (AvgIpc) is 3.13. The summed E-state index contributed by atoms with van der Waals surface area (Å²) in [4.78, 5) is 40.4. The maximum absolute atomic E-state index is 14.8. The molecule has 198 valence electrons. The van der Waals surface area contributed by atoms with E-state index in [1.807, 2.05) is 20.8 Å². The van der Waals surface area contributed by atoms with Crippen LogP contribution in [0.25, 0.3) is 0 Å². The Hall–Kier alpha value is -3.34. The molecule has 0 atom stereocenters. The number of benzene rings is 1. The zero-order chi connectivity index (χ0) is 26.5. The molecule has 2 aliphatic heterocycles. The molecule has 0 aliphatic carbocycles. The van der Waals surface area contributed by atoms with Crippen LogP contribution in [0.4, 0.5) is 20.6 Å². The van der Waals surface area contributed by atoms with E-state index in [-0.39, 0.29) is 48.7 Å². The van der Waals surface area contributed by atoms with Gasteiger partial charge < -0.3 is 35.0 Å². The summed E-state index contributed by atoms with van der Waals surface area (Å²) < 4.78 is 25.1. The van der Waals surface area contributed by atoms with E-state index >= 15 is 0 Å². The third kappa shape index (κ3) is 6.66. The molecule has 36 heavy (non-hydrogen) atoms. The van der Waals surface area contributed by atoms with Gasteiger partial charge in [0, 0.05) is 26.2 Å². The summed E-state index contributed by atoms with van der Waals surface area (Å²) in [5.74, 6) is -1.46. The fraction of sp³-hybridized carbons (Fsp3) is 0.560. The Kier molecular flexibility index (Phi) is 8.78. The Morgan fingerprint density at radius 1 is 1.22 bits per heavy atom. The predicted molar refractivity (Wildman–Crippen MR) is 132 cm³/mol. The van der Waals surface area contributed by atoms with Crippen molar-refractivity contribution in [2.75, 3.05) is 57.1 Å². The van der Waals surface area contributed by atoms with Gasteiger partial charge >= 0.3 is 12.1 Å². The van der Waals surface area contributed by atoms with E-state index in [1.54, 1.807) is 11.0 Å². The number of methoxy groups -OCH3 is 1. The number of carbonyl (C=O) groups excluding carboxylic acids is 3. The monoisotopic (exact) mass is 506 g/mol. The number of β-amino-alcohol motifs (C(OH)–C–C–N with tert-alkyl or cyclic N) is 1. The number of aliphatic hydroxyl groups is 1. The maximum Gasteiger partial charge on any atom is 0.410 e. The van der Waals surface area contributed by atoms with E-state index in [9.17, 15) is 23.9 Å². The number of likely N-dealkylation sites (tertiary alicyclic amines) is 1. The van der Waals surface area contributed by atoms with Gasteiger partial charge in [-0.1, -0.05) is 6.07 Å². The molecular weight excluding hydrogens is 471 g/mol. The first-order valence-corrected chi connectivity index (χ1v) is 12.0. The number of ether oxygens (including phenoxy) is 2. The fourth-order valence-electron chi connectivity index (χ4n) is 4.18. The van der Waals surface area contributed by atoms with Gasteiger partial charge in [0.2, 0.25) is 0 Å². The number of carbonyl (C=O) groups is 3. The predicted octanol–water partition coefficient (Wildman–Crippen LogP) is 2.56. The van der Waals surface area contributed by atoms with Crippen LogP contribution >= 0.6 is 0 Å². The molecule has 1 fully saturated rings. The number of halogens is 1. The molecule has 2 aliphatic rings. The van der Waals surface area contributed by atoms with Gasteiger partial charge in [0.25, 0.3) is 5.91 Å². The Bertz CT molecular complexity index is 1010. The summed E-state index contributed by atoms with van der Waals surface area (Å²) in [5.41, 5.74) is 0.0344. The lowest BCUT2D eigenvalue weighted by atomic mass is 9.97. The van der Waals surface area contributed by atoms with Crippen molar-refractivity contribution in [1.29, 1.82) is 0 Å². The molecule has 1 aromatic rings. The minimum absolute atomic E-state index is 0.00498. The summed E-state index contributed by atoms with van der Waals surface area (Å²) in [6.07, 6.45) is 1.13. The van der Waals surface area contributed by atoms with Crippen molar-refractivity contribution in [1.82, 2.24) is 9.80 Å². The number of aliphatic hydroxyl groups excluding tert-OH is 1. The lowest BCUT2D eigenvalue weighted by Gasteiger charge is -2.33. The normalized spacial score (nSPS) is 16.9. The lowest BCUT2D eigenvalue weighted by molar-refractivity contribution is -0.136. The second-order valence-corrected chi connectivity index (χ2v) is 9.87. The van der Waals surface area contributed by atoms with Crippen molar-refractivity contribution in [2.45, 2.75) is 39.2 Å². The number of piperidine rings is 1. The van der Waals surface area contributed by atoms with E-state index in [4.69, 9.17) is 9.47 Å². The fourth-order valence-corrected chi connectivity index (χ4v) is 4.18. The highest BCUT2D eigenvalue weighted by Gasteiger charge is 2.35. The van der Waals surface area contributed by atoms with E-state index in [0.29, 0.717) is 25.3 Å². The second kappa shape index (κ2) is 11.6. The van der Waals surface area contributed by atoms with Crippen molar-refractivity contribution in [2.24, 2.45) is 5.92 Å². The molecule has 3 N–H and O–H groups in total. The van der Waals surface area contributed by atoms with Crippen molar-refractivity contribution >= 4 is 29.3 Å². The Morgan fingerprint density at radius 3 is 2.53 bits per heavy atom. The molecule has 0 bridgehead atoms. The molecule has 11 heteroatoms. The summed E-state index contributed by atoms with van der Waals surface area (Å²) in [7, 11) is 1.22. The molecule has 0 unspecified atom stereocenters. The SMILES string of the molecule is COC(=O)C1=C(Nc2cccc(F)c2NCC2CCN(C(=O)OC(C)(C)C)CC2)C(=O)N(CCO)C1. The zero-order valence-electron chi connectivity index (χ0n) is 21.2. The zero-order valence-corrected chi connectivity index (χ0v) is 21.2. The van der Waals surface area contributed by atoms with Gasteiger partial charge in [-0.3, -0.25) is 4.79 Å². The number of amides is 2. The highest BCUT2D eigenvalue weighted by molar-refractivity contribution is 6.09. The average molecular weight is 507 g/mol. The van der Waals surface area contributed by atoms with Crippen LogP contribution in [0.5, 0.6) is 0 Å². The largest absolute Gasteiger partial charge is 0.466 e. The van der Waals surface area contributed by atoms with Crippen LogP contribution in [0.15, 0.2) is 29.5 Å². The van der Waals surface area contributed by atoms with Gasteiger partial charge in [0.1, 0.15) is 17.1 Å². The molecule has 1 aromatic carbocycles. The number of nitrogens with zero attached hydrogens (tertiary/aromatic N) is 2. The molecule has 2 amide bonds. The Morgan fingerprint density at radius 2 is 1.92 bits per heavy atom. The quantitative estimate of drug-likeness (QED) is 0.460. The van der Waals surface area contributed by atoms with E-state index in [0.717, 1.165) is 12.8 Å². The number of hydrogen-bond donors (Lipinski definition) is 3. The molecule has 10 nitrogen and oxygen atoms in total. The number of esters is 1. The van der Waals surface area contributed by atoms with Crippen molar-refractivity contribution < 1.29 is 33.4 Å². The van der Waals surface area contributed by atoms with Gasteiger partial charge in [0.15, 0.2) is 0 Å². The van der Waals surface area contributed by atoms with Crippen LogP contribution in [-0.2, 0) is 19.1 Å². The summed E-state index contributed by atoms with van der Waals surface area (Å²) in [6.45, 7) is 6.84. The number of para-hydroxylation sites is 1. The van der Waals surface area contributed by atoms with Gasteiger partial charge in [-0.2, -0.15) is 0 Å². The highest BCUT2D eigenvalue weighted by atomic mass is 19.1. The molecule has 3 rings (SSSR count). The summed E-state index contributed by atoms with van der Waals surface area (Å²) >= 11 is 0. The van der Waals surface area contributed by atoms with E-state index < -0.39 is 23.3 Å².